The molecule has 3 aromatic rings. The zero-order chi connectivity index (χ0) is 20.7. The summed E-state index contributed by atoms with van der Waals surface area (Å²) in [5.41, 5.74) is 5.47. The third-order valence-corrected chi connectivity index (χ3v) is 8.01. The molecular formula is C23H21N2O3P. The molecule has 5 nitrogen and oxygen atoms in total. The number of hydrogen-bond donors (Lipinski definition) is 1. The summed E-state index contributed by atoms with van der Waals surface area (Å²) in [6.45, 7) is 0. The van der Waals surface area contributed by atoms with Gasteiger partial charge in [0.15, 0.2) is 0 Å². The van der Waals surface area contributed by atoms with Gasteiger partial charge in [0, 0.05) is 15.9 Å². The number of primary amides is 1. The van der Waals surface area contributed by atoms with Crippen molar-refractivity contribution in [2.45, 2.75) is 0 Å². The summed E-state index contributed by atoms with van der Waals surface area (Å²) in [6.07, 6.45) is 1.05. The molecule has 0 spiro atoms. The topological polar surface area (TPSA) is 81.8 Å². The highest BCUT2D eigenvalue weighted by Crippen LogP contribution is 2.47. The Bertz CT molecular complexity index is 975. The zero-order valence-electron chi connectivity index (χ0n) is 15.9. The Balaban J connectivity index is 2.47. The van der Waals surface area contributed by atoms with Crippen LogP contribution in [0.25, 0.3) is 0 Å². The number of ether oxygens (including phenoxy) is 1. The molecule has 6 heteroatoms. The molecule has 2 N–H and O–H groups in total. The normalized spacial score (nSPS) is 11.6. The summed E-state index contributed by atoms with van der Waals surface area (Å²) in [7, 11) is -1.44. The van der Waals surface area contributed by atoms with Crippen molar-refractivity contribution in [1.82, 2.24) is 0 Å². The number of nitrogens with zero attached hydrogens (tertiary/aromatic N) is 1. The maximum absolute atomic E-state index is 12.2. The maximum atomic E-state index is 12.2. The Morgan fingerprint density at radius 2 is 1.17 bits per heavy atom. The highest BCUT2D eigenvalue weighted by molar-refractivity contribution is 7.87. The molecule has 0 atom stereocenters. The quantitative estimate of drug-likeness (QED) is 0.390. The number of esters is 1. The molecule has 0 saturated heterocycles. The first-order valence-corrected chi connectivity index (χ1v) is 10.7. The Labute approximate surface area is 169 Å². The first-order valence-electron chi connectivity index (χ1n) is 8.96. The molecule has 0 aromatic heterocycles. The number of methoxy groups -OCH3 is 1. The van der Waals surface area contributed by atoms with Crippen LogP contribution in [0.2, 0.25) is 0 Å². The number of carbonyl (C=O) groups excluding carboxylic acids is 2. The predicted octanol–water partition coefficient (Wildman–Crippen LogP) is 2.71. The summed E-state index contributed by atoms with van der Waals surface area (Å²) < 4.78 is 9.59. The average molecular weight is 404 g/mol. The van der Waals surface area contributed by atoms with E-state index in [1.54, 1.807) is 0 Å². The Hall–Kier alpha value is -3.43. The van der Waals surface area contributed by atoms with Gasteiger partial charge in [-0.25, -0.2) is 9.54 Å². The number of nitrogens with two attached hydrogens (primary N) is 1. The van der Waals surface area contributed by atoms with Gasteiger partial charge in [-0.15, -0.1) is 0 Å². The van der Waals surface area contributed by atoms with E-state index in [0.29, 0.717) is 0 Å². The number of carbonyl (C=O) groups is 2. The summed E-state index contributed by atoms with van der Waals surface area (Å²) in [5, 5.41) is 2.82. The van der Waals surface area contributed by atoms with Crippen molar-refractivity contribution in [1.29, 1.82) is 0 Å². The van der Waals surface area contributed by atoms with Crippen LogP contribution >= 0.6 is 7.05 Å². The minimum Gasteiger partial charge on any atom is -0.466 e. The van der Waals surface area contributed by atoms with E-state index >= 15 is 0 Å². The lowest BCUT2D eigenvalue weighted by molar-refractivity contribution is -0.135. The fourth-order valence-corrected chi connectivity index (χ4v) is 6.56. The minimum absolute atomic E-state index is 0.123. The van der Waals surface area contributed by atoms with E-state index in [-0.39, 0.29) is 5.70 Å². The van der Waals surface area contributed by atoms with Gasteiger partial charge in [-0.05, 0) is 0 Å². The van der Waals surface area contributed by atoms with Crippen molar-refractivity contribution in [3.63, 3.8) is 0 Å². The van der Waals surface area contributed by atoms with Gasteiger partial charge in [0.25, 0.3) is 5.91 Å². The van der Waals surface area contributed by atoms with Gasteiger partial charge in [0.05, 0.1) is 20.2 Å². The van der Waals surface area contributed by atoms with Crippen molar-refractivity contribution >= 4 is 34.8 Å². The molecule has 3 rings (SSSR count). The van der Waals surface area contributed by atoms with Gasteiger partial charge >= 0.3 is 5.97 Å². The minimum atomic E-state index is -2.68. The molecule has 0 aliphatic carbocycles. The van der Waals surface area contributed by atoms with Crippen LogP contribution in [0.4, 0.5) is 0 Å². The third-order valence-electron chi connectivity index (χ3n) is 4.36. The first-order chi connectivity index (χ1) is 14.1. The molecule has 146 valence electrons. The van der Waals surface area contributed by atoms with Crippen LogP contribution in [0.15, 0.2) is 108 Å². The summed E-state index contributed by atoms with van der Waals surface area (Å²) in [6, 6.07) is 29.2. The number of rotatable bonds is 6. The lowest BCUT2D eigenvalue weighted by Crippen LogP contribution is -2.26. The van der Waals surface area contributed by atoms with Crippen molar-refractivity contribution in [3.8, 4) is 0 Å². The molecule has 0 bridgehead atoms. The second-order valence-electron chi connectivity index (χ2n) is 6.16. The van der Waals surface area contributed by atoms with Gasteiger partial charge in [0.2, 0.25) is 0 Å². The lowest BCUT2D eigenvalue weighted by atomic mass is 10.4. The molecule has 0 radical (unpaired) electrons. The number of hydrogen-bond acceptors (Lipinski definition) is 4. The highest BCUT2D eigenvalue weighted by atomic mass is 31.2. The Morgan fingerprint density at radius 1 is 0.793 bits per heavy atom. The summed E-state index contributed by atoms with van der Waals surface area (Å²) >= 11 is 0. The first kappa shape index (κ1) is 20.3. The molecular weight excluding hydrogens is 383 g/mol. The van der Waals surface area contributed by atoms with Crippen LogP contribution in [0.1, 0.15) is 0 Å². The molecule has 0 aliphatic heterocycles. The lowest BCUT2D eigenvalue weighted by Gasteiger charge is -2.27. The smallest absolute Gasteiger partial charge is 0.332 e. The van der Waals surface area contributed by atoms with E-state index < -0.39 is 18.9 Å². The summed E-state index contributed by atoms with van der Waals surface area (Å²) in [4.78, 5) is 24.1. The van der Waals surface area contributed by atoms with Crippen molar-refractivity contribution in [2.75, 3.05) is 7.11 Å². The fourth-order valence-electron chi connectivity index (χ4n) is 3.03. The van der Waals surface area contributed by atoms with Gasteiger partial charge in [-0.2, -0.15) is 0 Å². The maximum Gasteiger partial charge on any atom is 0.332 e. The van der Waals surface area contributed by atoms with Gasteiger partial charge in [0.1, 0.15) is 5.70 Å². The standard InChI is InChI=1S/C23H21N2O3P/c1-28-22(26)17-21(23(24)27)25-29(18-11-5-2-6-12-18,19-13-7-3-8-14-19)20-15-9-4-10-16-20/h2-17H,1H3,(H2,24,27). The SMILES string of the molecule is COC(=O)C=C(N=P(c1ccccc1)(c1ccccc1)c1ccccc1)C(N)=O. The van der Waals surface area contributed by atoms with Gasteiger partial charge < -0.3 is 10.5 Å². The van der Waals surface area contributed by atoms with Crippen LogP contribution in [0.5, 0.6) is 0 Å². The van der Waals surface area contributed by atoms with Crippen molar-refractivity contribution < 1.29 is 14.3 Å². The Kier molecular flexibility index (Phi) is 6.43. The molecule has 0 fully saturated rings. The second kappa shape index (κ2) is 9.18. The van der Waals surface area contributed by atoms with Crippen LogP contribution in [-0.4, -0.2) is 19.0 Å². The molecule has 0 unspecified atom stereocenters. The van der Waals surface area contributed by atoms with E-state index in [4.69, 9.17) is 15.2 Å². The third kappa shape index (κ3) is 4.36. The Morgan fingerprint density at radius 3 is 1.48 bits per heavy atom. The van der Waals surface area contributed by atoms with Gasteiger partial charge in [-0.1, -0.05) is 91.0 Å². The molecule has 0 saturated carbocycles. The molecule has 0 heterocycles. The number of benzene rings is 3. The number of amides is 1. The summed E-state index contributed by atoms with van der Waals surface area (Å²) in [5.74, 6) is -1.47. The van der Waals surface area contributed by atoms with E-state index in [1.165, 1.54) is 7.11 Å². The van der Waals surface area contributed by atoms with E-state index in [9.17, 15) is 9.59 Å². The van der Waals surface area contributed by atoms with E-state index in [2.05, 4.69) is 0 Å². The molecule has 1 amide bonds. The van der Waals surface area contributed by atoms with Crippen molar-refractivity contribution in [3.05, 3.63) is 103 Å². The van der Waals surface area contributed by atoms with Crippen LogP contribution in [0.3, 0.4) is 0 Å². The molecule has 29 heavy (non-hydrogen) atoms. The fraction of sp³-hybridized carbons (Fsp3) is 0.0435. The average Bonchev–Trinajstić information content (AvgIpc) is 2.78. The zero-order valence-corrected chi connectivity index (χ0v) is 16.8. The van der Waals surface area contributed by atoms with Crippen LogP contribution < -0.4 is 21.6 Å². The van der Waals surface area contributed by atoms with E-state index in [1.807, 2.05) is 91.0 Å². The van der Waals surface area contributed by atoms with Crippen LogP contribution in [0, 0.1) is 0 Å². The van der Waals surface area contributed by atoms with E-state index in [0.717, 1.165) is 22.0 Å². The largest absolute Gasteiger partial charge is 0.466 e. The van der Waals surface area contributed by atoms with Crippen molar-refractivity contribution in [2.24, 2.45) is 10.5 Å². The molecule has 0 aliphatic rings. The van der Waals surface area contributed by atoms with Crippen LogP contribution in [-0.2, 0) is 14.3 Å². The second-order valence-corrected chi connectivity index (χ2v) is 9.18. The van der Waals surface area contributed by atoms with Gasteiger partial charge in [-0.3, -0.25) is 4.79 Å². The monoisotopic (exact) mass is 404 g/mol. The molecule has 3 aromatic carbocycles. The highest BCUT2D eigenvalue weighted by Gasteiger charge is 2.28. The predicted molar refractivity (Wildman–Crippen MR) is 117 cm³/mol.